The number of rotatable bonds is 4. The molecule has 3 aromatic rings. The number of fused-ring (bicyclic) bond motifs is 2. The van der Waals surface area contributed by atoms with E-state index in [0.717, 1.165) is 22.3 Å². The van der Waals surface area contributed by atoms with E-state index in [1.165, 1.54) is 0 Å². The number of benzene rings is 2. The molecule has 0 radical (unpaired) electrons. The zero-order valence-corrected chi connectivity index (χ0v) is 15.3. The van der Waals surface area contributed by atoms with Crippen LogP contribution < -0.4 is 15.0 Å². The minimum Gasteiger partial charge on any atom is -0.477 e. The van der Waals surface area contributed by atoms with Crippen LogP contribution in [0.2, 0.25) is 0 Å². The number of nitrogens with one attached hydrogen (secondary N) is 2. The van der Waals surface area contributed by atoms with Gasteiger partial charge >= 0.3 is 0 Å². The summed E-state index contributed by atoms with van der Waals surface area (Å²) in [5.74, 6) is 0.420. The van der Waals surface area contributed by atoms with Crippen molar-refractivity contribution < 1.29 is 14.3 Å². The normalized spacial score (nSPS) is 15.9. The van der Waals surface area contributed by atoms with Crippen molar-refractivity contribution in [2.24, 2.45) is 0 Å². The van der Waals surface area contributed by atoms with Gasteiger partial charge in [-0.1, -0.05) is 30.3 Å². The van der Waals surface area contributed by atoms with Gasteiger partial charge in [0, 0.05) is 29.2 Å². The predicted molar refractivity (Wildman–Crippen MR) is 105 cm³/mol. The molecule has 1 aromatic heterocycles. The largest absolute Gasteiger partial charge is 0.477 e. The first kappa shape index (κ1) is 17.1. The molecule has 0 spiro atoms. The van der Waals surface area contributed by atoms with Crippen LogP contribution in [0.3, 0.4) is 0 Å². The molecule has 2 aromatic carbocycles. The van der Waals surface area contributed by atoms with Crippen LogP contribution in [0, 0.1) is 6.92 Å². The van der Waals surface area contributed by atoms with Crippen LogP contribution in [0.4, 0.5) is 5.69 Å². The van der Waals surface area contributed by atoms with Crippen LogP contribution in [0.15, 0.2) is 48.5 Å². The third-order valence-corrected chi connectivity index (χ3v) is 4.91. The van der Waals surface area contributed by atoms with Crippen molar-refractivity contribution in [3.63, 3.8) is 0 Å². The first-order valence-electron chi connectivity index (χ1n) is 8.91. The topological polar surface area (TPSA) is 74.4 Å². The number of likely N-dealkylation sites (N-methyl/N-ethyl adjacent to an activating group) is 1. The average molecular weight is 363 g/mol. The molecule has 0 saturated heterocycles. The highest BCUT2D eigenvalue weighted by atomic mass is 16.5. The van der Waals surface area contributed by atoms with Gasteiger partial charge in [0.15, 0.2) is 11.9 Å². The lowest BCUT2D eigenvalue weighted by Gasteiger charge is -2.35. The molecule has 0 bridgehead atoms. The summed E-state index contributed by atoms with van der Waals surface area (Å²) in [6.07, 6.45) is -0.651. The maximum atomic E-state index is 13.2. The van der Waals surface area contributed by atoms with E-state index in [9.17, 15) is 9.59 Å². The monoisotopic (exact) mass is 363 g/mol. The number of hydrogen-bond acceptors (Lipinski definition) is 4. The SMILES string of the molecule is CNC(=O)[C@@H]1CN(CC(=O)c2c(C)[nH]c3ccccc23)c2ccccc2O1. The van der Waals surface area contributed by atoms with E-state index in [0.29, 0.717) is 17.9 Å². The Bertz CT molecular complexity index is 1020. The second-order valence-electron chi connectivity index (χ2n) is 6.66. The van der Waals surface area contributed by atoms with Gasteiger partial charge in [0.2, 0.25) is 0 Å². The number of aromatic amines is 1. The number of hydrogen-bond donors (Lipinski definition) is 2. The fourth-order valence-corrected chi connectivity index (χ4v) is 3.64. The van der Waals surface area contributed by atoms with Gasteiger partial charge < -0.3 is 19.9 Å². The quantitative estimate of drug-likeness (QED) is 0.699. The summed E-state index contributed by atoms with van der Waals surface area (Å²) in [7, 11) is 1.58. The molecular weight excluding hydrogens is 342 g/mol. The maximum absolute atomic E-state index is 13.2. The van der Waals surface area contributed by atoms with Gasteiger partial charge in [0.1, 0.15) is 5.75 Å². The van der Waals surface area contributed by atoms with Crippen LogP contribution in [0.5, 0.6) is 5.75 Å². The average Bonchev–Trinajstić information content (AvgIpc) is 3.03. The van der Waals surface area contributed by atoms with Gasteiger partial charge in [-0.25, -0.2) is 0 Å². The molecule has 2 heterocycles. The van der Waals surface area contributed by atoms with E-state index in [4.69, 9.17) is 4.74 Å². The number of Topliss-reactive ketones (excluding diaryl/α,β-unsaturated/α-hetero) is 1. The molecule has 0 saturated carbocycles. The van der Waals surface area contributed by atoms with Crippen LogP contribution in [-0.4, -0.2) is 42.9 Å². The van der Waals surface area contributed by atoms with Crippen LogP contribution in [0.25, 0.3) is 10.9 Å². The summed E-state index contributed by atoms with van der Waals surface area (Å²) in [4.78, 5) is 30.5. The molecular formula is C21H21N3O3. The van der Waals surface area contributed by atoms with Gasteiger partial charge in [-0.15, -0.1) is 0 Å². The number of para-hydroxylation sites is 3. The van der Waals surface area contributed by atoms with Crippen molar-refractivity contribution in [3.05, 3.63) is 59.8 Å². The number of ketones is 1. The number of amides is 1. The summed E-state index contributed by atoms with van der Waals surface area (Å²) in [5, 5.41) is 3.54. The fourth-order valence-electron chi connectivity index (χ4n) is 3.64. The van der Waals surface area contributed by atoms with E-state index in [-0.39, 0.29) is 18.2 Å². The molecule has 138 valence electrons. The van der Waals surface area contributed by atoms with E-state index in [2.05, 4.69) is 10.3 Å². The van der Waals surface area contributed by atoms with Crippen molar-refractivity contribution in [3.8, 4) is 5.75 Å². The lowest BCUT2D eigenvalue weighted by molar-refractivity contribution is -0.127. The predicted octanol–water partition coefficient (Wildman–Crippen LogP) is 2.67. The molecule has 6 heteroatoms. The molecule has 0 fully saturated rings. The van der Waals surface area contributed by atoms with Crippen molar-refractivity contribution in [2.45, 2.75) is 13.0 Å². The summed E-state index contributed by atoms with van der Waals surface area (Å²) in [6, 6.07) is 15.3. The number of aryl methyl sites for hydroxylation is 1. The Morgan fingerprint density at radius 3 is 2.74 bits per heavy atom. The molecule has 27 heavy (non-hydrogen) atoms. The zero-order chi connectivity index (χ0) is 19.0. The van der Waals surface area contributed by atoms with Crippen molar-refractivity contribution in [1.29, 1.82) is 0 Å². The van der Waals surface area contributed by atoms with E-state index < -0.39 is 6.10 Å². The van der Waals surface area contributed by atoms with Gasteiger partial charge in [-0.3, -0.25) is 9.59 Å². The number of aromatic nitrogens is 1. The molecule has 1 aliphatic heterocycles. The molecule has 4 rings (SSSR count). The Kier molecular flexibility index (Phi) is 4.32. The molecule has 1 atom stereocenters. The molecule has 0 aliphatic carbocycles. The Balaban J connectivity index is 1.67. The summed E-state index contributed by atoms with van der Waals surface area (Å²) < 4.78 is 5.81. The lowest BCUT2D eigenvalue weighted by Crippen LogP contribution is -2.49. The van der Waals surface area contributed by atoms with E-state index in [1.807, 2.05) is 60.4 Å². The van der Waals surface area contributed by atoms with E-state index in [1.54, 1.807) is 7.05 Å². The third kappa shape index (κ3) is 3.03. The second-order valence-corrected chi connectivity index (χ2v) is 6.66. The standard InChI is InChI=1S/C21H21N3O3/c1-13-20(14-7-3-4-8-15(14)23-13)17(25)11-24-12-19(21(26)22-2)27-18-10-6-5-9-16(18)24/h3-10,19,23H,11-12H2,1-2H3,(H,22,26)/t19-/m0/s1. The summed E-state index contributed by atoms with van der Waals surface area (Å²) >= 11 is 0. The molecule has 6 nitrogen and oxygen atoms in total. The van der Waals surface area contributed by atoms with Gasteiger partial charge in [0.25, 0.3) is 5.91 Å². The second kappa shape index (κ2) is 6.79. The van der Waals surface area contributed by atoms with Gasteiger partial charge in [0.05, 0.1) is 18.8 Å². The van der Waals surface area contributed by atoms with Crippen molar-refractivity contribution in [1.82, 2.24) is 10.3 Å². The highest BCUT2D eigenvalue weighted by Gasteiger charge is 2.31. The van der Waals surface area contributed by atoms with Crippen molar-refractivity contribution in [2.75, 3.05) is 25.0 Å². The minimum atomic E-state index is -0.651. The fraction of sp³-hybridized carbons (Fsp3) is 0.238. The number of ether oxygens (including phenoxy) is 1. The first-order valence-corrected chi connectivity index (χ1v) is 8.91. The summed E-state index contributed by atoms with van der Waals surface area (Å²) in [6.45, 7) is 2.41. The zero-order valence-electron chi connectivity index (χ0n) is 15.3. The molecule has 0 unspecified atom stereocenters. The van der Waals surface area contributed by atoms with Crippen LogP contribution >= 0.6 is 0 Å². The van der Waals surface area contributed by atoms with E-state index >= 15 is 0 Å². The number of carbonyl (C=O) groups excluding carboxylic acids is 2. The number of carbonyl (C=O) groups is 2. The number of anilines is 1. The van der Waals surface area contributed by atoms with Gasteiger partial charge in [-0.05, 0) is 25.1 Å². The smallest absolute Gasteiger partial charge is 0.262 e. The molecule has 2 N–H and O–H groups in total. The highest BCUT2D eigenvalue weighted by molar-refractivity contribution is 6.11. The van der Waals surface area contributed by atoms with Crippen LogP contribution in [0.1, 0.15) is 16.1 Å². The Morgan fingerprint density at radius 1 is 1.19 bits per heavy atom. The Labute approximate surface area is 157 Å². The number of H-pyrrole nitrogens is 1. The Hall–Kier alpha value is -3.28. The van der Waals surface area contributed by atoms with Gasteiger partial charge in [-0.2, -0.15) is 0 Å². The summed E-state index contributed by atoms with van der Waals surface area (Å²) in [5.41, 5.74) is 3.32. The molecule has 1 amide bonds. The third-order valence-electron chi connectivity index (χ3n) is 4.91. The minimum absolute atomic E-state index is 0.0114. The van der Waals surface area contributed by atoms with Crippen LogP contribution in [-0.2, 0) is 4.79 Å². The van der Waals surface area contributed by atoms with Crippen molar-refractivity contribution >= 4 is 28.3 Å². The highest BCUT2D eigenvalue weighted by Crippen LogP contribution is 2.33. The maximum Gasteiger partial charge on any atom is 0.262 e. The lowest BCUT2D eigenvalue weighted by atomic mass is 10.1. The molecule has 1 aliphatic rings. The number of nitrogens with zero attached hydrogens (tertiary/aromatic N) is 1. The Morgan fingerprint density at radius 2 is 1.93 bits per heavy atom. The first-order chi connectivity index (χ1) is 13.1.